The number of imide groups is 1. The number of hydrogen-bond acceptors (Lipinski definition) is 6. The Bertz CT molecular complexity index is 2410. The van der Waals surface area contributed by atoms with Crippen molar-refractivity contribution in [1.29, 1.82) is 5.26 Å². The van der Waals surface area contributed by atoms with Gasteiger partial charge < -0.3 is 9.80 Å². The van der Waals surface area contributed by atoms with Gasteiger partial charge in [0.15, 0.2) is 0 Å². The summed E-state index contributed by atoms with van der Waals surface area (Å²) in [6, 6.07) is 21.8. The van der Waals surface area contributed by atoms with Crippen LogP contribution < -0.4 is 5.32 Å². The lowest BCUT2D eigenvalue weighted by atomic mass is 9.84. The average Bonchev–Trinajstić information content (AvgIpc) is 3.70. The fourth-order valence-corrected chi connectivity index (χ4v) is 8.90. The molecular formula is C47H45ClN6O3. The van der Waals surface area contributed by atoms with E-state index in [1.165, 1.54) is 12.8 Å². The van der Waals surface area contributed by atoms with E-state index >= 15 is 0 Å². The van der Waals surface area contributed by atoms with Gasteiger partial charge in [0.1, 0.15) is 12.1 Å². The average molecular weight is 777 g/mol. The summed E-state index contributed by atoms with van der Waals surface area (Å²) < 4.78 is 2.02. The zero-order valence-electron chi connectivity index (χ0n) is 32.4. The van der Waals surface area contributed by atoms with E-state index in [2.05, 4.69) is 78.1 Å². The van der Waals surface area contributed by atoms with Crippen LogP contribution in [0.25, 0.3) is 11.3 Å². The summed E-state index contributed by atoms with van der Waals surface area (Å²) in [6.45, 7) is 7.29. The van der Waals surface area contributed by atoms with E-state index in [-0.39, 0.29) is 18.2 Å². The van der Waals surface area contributed by atoms with Crippen molar-refractivity contribution in [3.05, 3.63) is 110 Å². The normalized spacial score (nSPS) is 21.2. The number of carbonyl (C=O) groups is 3. The monoisotopic (exact) mass is 776 g/mol. The van der Waals surface area contributed by atoms with Crippen molar-refractivity contribution in [1.82, 2.24) is 24.9 Å². The first-order valence-corrected chi connectivity index (χ1v) is 20.4. The summed E-state index contributed by atoms with van der Waals surface area (Å²) in [5.41, 5.74) is 8.95. The molecule has 3 amide bonds. The molecule has 4 aliphatic rings. The predicted octanol–water partition coefficient (Wildman–Crippen LogP) is 7.18. The zero-order valence-corrected chi connectivity index (χ0v) is 33.2. The molecule has 0 bridgehead atoms. The maximum Gasteiger partial charge on any atom is 0.255 e. The summed E-state index contributed by atoms with van der Waals surface area (Å²) >= 11 is 6.31. The van der Waals surface area contributed by atoms with Gasteiger partial charge in [-0.1, -0.05) is 59.5 Å². The first-order chi connectivity index (χ1) is 27.6. The Labute approximate surface area is 339 Å². The van der Waals surface area contributed by atoms with Crippen molar-refractivity contribution >= 4 is 29.3 Å². The molecule has 10 heteroatoms. The highest BCUT2D eigenvalue weighted by molar-refractivity contribution is 6.32. The predicted molar refractivity (Wildman–Crippen MR) is 219 cm³/mol. The smallest absolute Gasteiger partial charge is 0.255 e. The third-order valence-corrected chi connectivity index (χ3v) is 12.6. The van der Waals surface area contributed by atoms with Gasteiger partial charge >= 0.3 is 0 Å². The summed E-state index contributed by atoms with van der Waals surface area (Å²) in [6.07, 6.45) is 7.29. The zero-order chi connectivity index (χ0) is 39.6. The van der Waals surface area contributed by atoms with Gasteiger partial charge in [-0.3, -0.25) is 24.4 Å². The highest BCUT2D eigenvalue weighted by Gasteiger charge is 2.39. The molecule has 3 aliphatic heterocycles. The van der Waals surface area contributed by atoms with Crippen molar-refractivity contribution in [3.8, 4) is 41.0 Å². The standard InChI is InChI=1S/C47H45ClN6O3/c1-30-31(2)54(51-45(30)37-15-16-38(27-49)42(48)26-37)28-36-9-6-32(7-10-36)3-4-33-12-17-40(18-13-33)52-23-21-34(22-24-52)5-8-35-11-14-39-29-53(47(57)41(39)25-35)43-19-20-44(55)50-46(43)56/h6-7,9-11,14-16,25-26,33-34,40,43H,12-13,17-24,28-29H2,1-2H3,(H,50,55,56)/t33-,40-,43?. The van der Waals surface area contributed by atoms with Gasteiger partial charge in [-0.25, -0.2) is 0 Å². The minimum atomic E-state index is -0.608. The lowest BCUT2D eigenvalue weighted by Crippen LogP contribution is -2.52. The molecule has 0 radical (unpaired) electrons. The number of nitrogens with zero attached hydrogens (tertiary/aromatic N) is 5. The topological polar surface area (TPSA) is 111 Å². The fourth-order valence-electron chi connectivity index (χ4n) is 8.68. The molecule has 1 saturated carbocycles. The molecule has 9 nitrogen and oxygen atoms in total. The van der Waals surface area contributed by atoms with E-state index < -0.39 is 11.9 Å². The molecule has 4 heterocycles. The molecule has 1 N–H and O–H groups in total. The van der Waals surface area contributed by atoms with Crippen LogP contribution in [0.4, 0.5) is 0 Å². The maximum atomic E-state index is 13.2. The van der Waals surface area contributed by atoms with E-state index in [1.54, 1.807) is 11.0 Å². The number of likely N-dealkylation sites (tertiary alicyclic amines) is 1. The van der Waals surface area contributed by atoms with Gasteiger partial charge in [0.25, 0.3) is 5.91 Å². The van der Waals surface area contributed by atoms with Gasteiger partial charge in [-0.2, -0.15) is 10.4 Å². The van der Waals surface area contributed by atoms with E-state index in [0.29, 0.717) is 53.5 Å². The van der Waals surface area contributed by atoms with Crippen LogP contribution in [0.5, 0.6) is 0 Å². The van der Waals surface area contributed by atoms with E-state index in [9.17, 15) is 19.6 Å². The molecule has 4 aromatic rings. The molecule has 3 aromatic carbocycles. The van der Waals surface area contributed by atoms with Crippen LogP contribution in [0.3, 0.4) is 0 Å². The lowest BCUT2D eigenvalue weighted by Gasteiger charge is -2.39. The number of carbonyl (C=O) groups excluding carboxylic acids is 3. The van der Waals surface area contributed by atoms with Crippen LogP contribution in [0.2, 0.25) is 5.02 Å². The molecule has 1 aliphatic carbocycles. The first kappa shape index (κ1) is 38.2. The van der Waals surface area contributed by atoms with Crippen LogP contribution in [0.1, 0.15) is 101 Å². The SMILES string of the molecule is Cc1c(-c2ccc(C#N)c(Cl)c2)nn(Cc2ccc(C#C[C@H]3CC[C@H](N4CCC(C#Cc5ccc6c(c5)C(=O)N(C5CCC(=O)NC5=O)C6)CC4)CC3)cc2)c1C. The largest absolute Gasteiger partial charge is 0.322 e. The number of nitrogens with one attached hydrogen (secondary N) is 1. The maximum absolute atomic E-state index is 13.2. The Kier molecular flexibility index (Phi) is 11.0. The number of fused-ring (bicyclic) bond motifs is 1. The van der Waals surface area contributed by atoms with Crippen molar-refractivity contribution in [2.24, 2.45) is 11.8 Å². The van der Waals surface area contributed by atoms with Crippen molar-refractivity contribution in [3.63, 3.8) is 0 Å². The second kappa shape index (κ2) is 16.4. The Morgan fingerprint density at radius 2 is 1.54 bits per heavy atom. The second-order valence-corrected chi connectivity index (χ2v) is 16.3. The second-order valence-electron chi connectivity index (χ2n) is 15.8. The minimum Gasteiger partial charge on any atom is -0.322 e. The quantitative estimate of drug-likeness (QED) is 0.170. The molecule has 1 aromatic heterocycles. The van der Waals surface area contributed by atoms with Gasteiger partial charge in [-0.05, 0) is 125 Å². The Morgan fingerprint density at radius 1 is 0.842 bits per heavy atom. The number of rotatable bonds is 5. The molecule has 3 fully saturated rings. The summed E-state index contributed by atoms with van der Waals surface area (Å²) in [5, 5.41) is 16.9. The molecule has 0 spiro atoms. The van der Waals surface area contributed by atoms with Gasteiger partial charge in [0.05, 0.1) is 22.8 Å². The number of aromatic nitrogens is 2. The van der Waals surface area contributed by atoms with Crippen LogP contribution in [-0.2, 0) is 22.7 Å². The Hall–Kier alpha value is -5.66. The highest BCUT2D eigenvalue weighted by atomic mass is 35.5. The Balaban J connectivity index is 0.791. The van der Waals surface area contributed by atoms with Crippen molar-refractivity contribution in [2.45, 2.75) is 90.4 Å². The van der Waals surface area contributed by atoms with E-state index in [1.807, 2.05) is 35.0 Å². The van der Waals surface area contributed by atoms with Crippen LogP contribution in [0.15, 0.2) is 60.7 Å². The molecule has 288 valence electrons. The molecule has 2 saturated heterocycles. The fraction of sp³-hybridized carbons (Fsp3) is 0.383. The lowest BCUT2D eigenvalue weighted by molar-refractivity contribution is -0.136. The number of piperidine rings is 2. The molecule has 57 heavy (non-hydrogen) atoms. The molecule has 1 unspecified atom stereocenters. The summed E-state index contributed by atoms with van der Waals surface area (Å²) in [4.78, 5) is 41.4. The van der Waals surface area contributed by atoms with E-state index in [0.717, 1.165) is 83.5 Å². The number of amides is 3. The molecular weight excluding hydrogens is 732 g/mol. The van der Waals surface area contributed by atoms with Gasteiger partial charge in [0, 0.05) is 58.8 Å². The van der Waals surface area contributed by atoms with Crippen LogP contribution >= 0.6 is 11.6 Å². The number of halogens is 1. The van der Waals surface area contributed by atoms with Gasteiger partial charge in [-0.15, -0.1) is 0 Å². The number of nitriles is 1. The highest BCUT2D eigenvalue weighted by Crippen LogP contribution is 2.32. The summed E-state index contributed by atoms with van der Waals surface area (Å²) in [7, 11) is 0. The number of benzene rings is 3. The third-order valence-electron chi connectivity index (χ3n) is 12.3. The van der Waals surface area contributed by atoms with Crippen LogP contribution in [0, 0.1) is 60.7 Å². The van der Waals surface area contributed by atoms with Crippen molar-refractivity contribution in [2.75, 3.05) is 13.1 Å². The van der Waals surface area contributed by atoms with E-state index in [4.69, 9.17) is 16.7 Å². The van der Waals surface area contributed by atoms with Crippen molar-refractivity contribution < 1.29 is 14.4 Å². The van der Waals surface area contributed by atoms with Crippen LogP contribution in [-0.4, -0.2) is 62.5 Å². The summed E-state index contributed by atoms with van der Waals surface area (Å²) in [5.74, 6) is 13.8. The van der Waals surface area contributed by atoms with Gasteiger partial charge in [0.2, 0.25) is 11.8 Å². The minimum absolute atomic E-state index is 0.164. The molecule has 1 atom stereocenters. The number of hydrogen-bond donors (Lipinski definition) is 1. The first-order valence-electron chi connectivity index (χ1n) is 20.0. The Morgan fingerprint density at radius 3 is 2.25 bits per heavy atom. The third kappa shape index (κ3) is 8.26. The molecule has 8 rings (SSSR count).